The zero-order valence-corrected chi connectivity index (χ0v) is 16.2. The van der Waals surface area contributed by atoms with Gasteiger partial charge < -0.3 is 15.4 Å². The number of H-pyrrole nitrogens is 1. The number of nitrogens with zero attached hydrogens (tertiary/aromatic N) is 3. The van der Waals surface area contributed by atoms with Crippen LogP contribution in [0, 0.1) is 0 Å². The Hall–Kier alpha value is -3.24. The average molecular weight is 422 g/mol. The van der Waals surface area contributed by atoms with Crippen LogP contribution in [-0.2, 0) is 6.18 Å². The van der Waals surface area contributed by atoms with Crippen LogP contribution in [0.4, 0.5) is 19.0 Å². The highest BCUT2D eigenvalue weighted by Crippen LogP contribution is 2.30. The Morgan fingerprint density at radius 2 is 1.97 bits per heavy atom. The monoisotopic (exact) mass is 422 g/mol. The fourth-order valence-corrected chi connectivity index (χ4v) is 3.71. The van der Waals surface area contributed by atoms with Gasteiger partial charge >= 0.3 is 6.18 Å². The van der Waals surface area contributed by atoms with Crippen molar-refractivity contribution in [2.75, 3.05) is 12.4 Å². The number of imidazole rings is 1. The van der Waals surface area contributed by atoms with E-state index in [4.69, 9.17) is 4.74 Å². The van der Waals surface area contributed by atoms with Gasteiger partial charge in [-0.2, -0.15) is 18.3 Å². The molecule has 0 spiro atoms. The van der Waals surface area contributed by atoms with E-state index in [1.54, 1.807) is 12.1 Å². The van der Waals surface area contributed by atoms with Gasteiger partial charge in [0, 0.05) is 18.3 Å². The summed E-state index contributed by atoms with van der Waals surface area (Å²) in [7, 11) is 1.46. The smallest absolute Gasteiger partial charge is 0.434 e. The molecule has 8 nitrogen and oxygen atoms in total. The van der Waals surface area contributed by atoms with Crippen LogP contribution in [0.15, 0.2) is 30.6 Å². The molecule has 3 heterocycles. The van der Waals surface area contributed by atoms with Crippen molar-refractivity contribution in [3.05, 3.63) is 41.9 Å². The van der Waals surface area contributed by atoms with Crippen LogP contribution in [0.3, 0.4) is 0 Å². The van der Waals surface area contributed by atoms with Crippen LogP contribution < -0.4 is 15.4 Å². The molecule has 0 bridgehead atoms. The van der Waals surface area contributed by atoms with Crippen molar-refractivity contribution in [2.45, 2.75) is 43.9 Å². The van der Waals surface area contributed by atoms with Crippen LogP contribution in [-0.4, -0.2) is 44.7 Å². The van der Waals surface area contributed by atoms with Gasteiger partial charge in [0.1, 0.15) is 17.0 Å². The van der Waals surface area contributed by atoms with Gasteiger partial charge in [-0.05, 0) is 37.8 Å². The number of rotatable bonds is 5. The molecule has 1 fully saturated rings. The van der Waals surface area contributed by atoms with E-state index in [-0.39, 0.29) is 23.6 Å². The molecule has 3 aromatic heterocycles. The van der Waals surface area contributed by atoms with Crippen LogP contribution in [0.25, 0.3) is 5.65 Å². The molecule has 0 saturated heterocycles. The maximum absolute atomic E-state index is 13.0. The molecular weight excluding hydrogens is 401 g/mol. The lowest BCUT2D eigenvalue weighted by Crippen LogP contribution is -2.40. The first-order chi connectivity index (χ1) is 14.3. The molecule has 0 atom stereocenters. The number of anilines is 1. The zero-order valence-electron chi connectivity index (χ0n) is 16.2. The lowest BCUT2D eigenvalue weighted by molar-refractivity contribution is -0.140. The number of halogens is 3. The van der Waals surface area contributed by atoms with Crippen molar-refractivity contribution < 1.29 is 22.7 Å². The first kappa shape index (κ1) is 20.0. The number of fused-ring (bicyclic) bond motifs is 1. The third kappa shape index (κ3) is 4.05. The normalized spacial score (nSPS) is 19.6. The fraction of sp³-hybridized carbons (Fsp3) is 0.421. The van der Waals surface area contributed by atoms with Crippen molar-refractivity contribution in [3.8, 4) is 5.88 Å². The van der Waals surface area contributed by atoms with E-state index in [1.165, 1.54) is 23.8 Å². The van der Waals surface area contributed by atoms with Gasteiger partial charge in [-0.15, -0.1) is 0 Å². The van der Waals surface area contributed by atoms with E-state index in [2.05, 4.69) is 25.8 Å². The number of carbonyl (C=O) groups is 1. The van der Waals surface area contributed by atoms with E-state index in [9.17, 15) is 18.0 Å². The summed E-state index contributed by atoms with van der Waals surface area (Å²) in [5.74, 6) is 0.625. The van der Waals surface area contributed by atoms with E-state index in [1.807, 2.05) is 0 Å². The van der Waals surface area contributed by atoms with Crippen LogP contribution in [0.1, 0.15) is 41.7 Å². The van der Waals surface area contributed by atoms with Crippen molar-refractivity contribution in [2.24, 2.45) is 0 Å². The molecule has 1 amide bonds. The second-order valence-electron chi connectivity index (χ2n) is 7.25. The summed E-state index contributed by atoms with van der Waals surface area (Å²) < 4.78 is 45.4. The summed E-state index contributed by atoms with van der Waals surface area (Å²) in [4.78, 5) is 16.0. The summed E-state index contributed by atoms with van der Waals surface area (Å²) in [5.41, 5.74) is -0.329. The molecule has 0 unspecified atom stereocenters. The molecule has 3 N–H and O–H groups in total. The lowest BCUT2D eigenvalue weighted by Gasteiger charge is -2.30. The maximum Gasteiger partial charge on any atom is 0.434 e. The number of aromatic amines is 1. The summed E-state index contributed by atoms with van der Waals surface area (Å²) in [6.07, 6.45) is 0.964. The van der Waals surface area contributed by atoms with E-state index < -0.39 is 11.9 Å². The van der Waals surface area contributed by atoms with Crippen LogP contribution in [0.5, 0.6) is 5.88 Å². The molecule has 30 heavy (non-hydrogen) atoms. The molecule has 4 rings (SSSR count). The molecule has 160 valence electrons. The number of hydrogen-bond donors (Lipinski definition) is 3. The van der Waals surface area contributed by atoms with Crippen molar-refractivity contribution in [1.82, 2.24) is 24.9 Å². The molecule has 1 aliphatic rings. The van der Waals surface area contributed by atoms with Gasteiger partial charge in [0.05, 0.1) is 13.3 Å². The van der Waals surface area contributed by atoms with Crippen molar-refractivity contribution in [1.29, 1.82) is 0 Å². The number of aromatic nitrogens is 4. The fourth-order valence-electron chi connectivity index (χ4n) is 3.71. The van der Waals surface area contributed by atoms with E-state index in [0.29, 0.717) is 17.3 Å². The van der Waals surface area contributed by atoms with Gasteiger partial charge in [0.25, 0.3) is 5.91 Å². The molecule has 1 saturated carbocycles. The van der Waals surface area contributed by atoms with Gasteiger partial charge in [-0.3, -0.25) is 9.20 Å². The molecule has 0 aliphatic heterocycles. The highest BCUT2D eigenvalue weighted by Gasteiger charge is 2.34. The molecule has 3 aromatic rings. The molecular formula is C19H21F3N6O2. The number of alkyl halides is 3. The van der Waals surface area contributed by atoms with Gasteiger partial charge in [0.2, 0.25) is 5.88 Å². The number of nitrogens with one attached hydrogen (secondary N) is 3. The number of pyridine rings is 1. The lowest BCUT2D eigenvalue weighted by atomic mass is 9.91. The highest BCUT2D eigenvalue weighted by molar-refractivity contribution is 5.96. The van der Waals surface area contributed by atoms with Crippen molar-refractivity contribution in [3.63, 3.8) is 0 Å². The Morgan fingerprint density at radius 3 is 2.67 bits per heavy atom. The second-order valence-corrected chi connectivity index (χ2v) is 7.25. The predicted octanol–water partition coefficient (Wildman–Crippen LogP) is 3.24. The minimum atomic E-state index is -4.49. The summed E-state index contributed by atoms with van der Waals surface area (Å²) in [5, 5.41) is 12.7. The van der Waals surface area contributed by atoms with Crippen LogP contribution in [0.2, 0.25) is 0 Å². The Kier molecular flexibility index (Phi) is 5.27. The highest BCUT2D eigenvalue weighted by atomic mass is 19.4. The Morgan fingerprint density at radius 1 is 1.23 bits per heavy atom. The van der Waals surface area contributed by atoms with E-state index >= 15 is 0 Å². The van der Waals surface area contributed by atoms with Gasteiger partial charge in [-0.1, -0.05) is 6.07 Å². The number of hydrogen-bond acceptors (Lipinski definition) is 5. The first-order valence-corrected chi connectivity index (χ1v) is 9.55. The number of methoxy groups -OCH3 is 1. The van der Waals surface area contributed by atoms with Crippen molar-refractivity contribution >= 4 is 17.4 Å². The minimum absolute atomic E-state index is 0.0102. The Bertz CT molecular complexity index is 1040. The summed E-state index contributed by atoms with van der Waals surface area (Å²) in [6, 6.07) is 5.04. The van der Waals surface area contributed by atoms with Gasteiger partial charge in [0.15, 0.2) is 5.69 Å². The topological polar surface area (TPSA) is 96.3 Å². The van der Waals surface area contributed by atoms with E-state index in [0.717, 1.165) is 31.9 Å². The molecule has 1 aliphatic carbocycles. The molecule has 0 radical (unpaired) electrons. The maximum atomic E-state index is 13.0. The largest absolute Gasteiger partial charge is 0.481 e. The number of ether oxygens (including phenoxy) is 1. The number of amides is 1. The van der Waals surface area contributed by atoms with Gasteiger partial charge in [-0.25, -0.2) is 10.1 Å². The average Bonchev–Trinajstić information content (AvgIpc) is 3.36. The molecule has 11 heteroatoms. The van der Waals surface area contributed by atoms with Crippen LogP contribution >= 0.6 is 0 Å². The summed E-state index contributed by atoms with van der Waals surface area (Å²) in [6.45, 7) is 0. The second kappa shape index (κ2) is 7.88. The Labute approximate surface area is 169 Å². The minimum Gasteiger partial charge on any atom is -0.481 e. The SMILES string of the molecule is COc1[nH]ncc1C(=O)NC1CCC(Nc2cccc3nc(C(F)(F)F)cn23)CC1. The third-order valence-electron chi connectivity index (χ3n) is 5.25. The standard InChI is InChI=1S/C19H21F3N6O2/c1-30-18-13(9-23-27-18)17(29)25-12-7-5-11(6-8-12)24-15-3-2-4-16-26-14(10-28(15)16)19(20,21)22/h2-4,9-12,24H,5-8H2,1H3,(H,23,27)(H,25,29). The number of carbonyl (C=O) groups excluding carboxylic acids is 1. The predicted molar refractivity (Wildman–Crippen MR) is 102 cm³/mol. The molecule has 0 aromatic carbocycles. The zero-order chi connectivity index (χ0) is 21.3. The third-order valence-corrected chi connectivity index (χ3v) is 5.25. The first-order valence-electron chi connectivity index (χ1n) is 9.55. The quantitative estimate of drug-likeness (QED) is 0.587. The Balaban J connectivity index is 1.37. The summed E-state index contributed by atoms with van der Waals surface area (Å²) >= 11 is 0.